The number of nitrogens with zero attached hydrogens (tertiary/aromatic N) is 1. The quantitative estimate of drug-likeness (QED) is 0.386. The zero-order chi connectivity index (χ0) is 9.68. The van der Waals surface area contributed by atoms with Crippen LogP contribution in [-0.4, -0.2) is 12.0 Å². The van der Waals surface area contributed by atoms with Gasteiger partial charge in [-0.15, -0.1) is 0 Å². The lowest BCUT2D eigenvalue weighted by Gasteiger charge is -2.04. The third-order valence-electron chi connectivity index (χ3n) is 1.37. The molecule has 0 saturated heterocycles. The molecule has 0 aromatic rings. The predicted octanol–water partition coefficient (Wildman–Crippen LogP) is 1.08. The second-order valence-electron chi connectivity index (χ2n) is 2.17. The van der Waals surface area contributed by atoms with Crippen molar-refractivity contribution in [2.45, 2.75) is 0 Å². The van der Waals surface area contributed by atoms with Gasteiger partial charge in [0.15, 0.2) is 0 Å². The van der Waals surface area contributed by atoms with Crippen molar-refractivity contribution in [3.05, 3.63) is 35.8 Å². The van der Waals surface area contributed by atoms with E-state index in [0.717, 1.165) is 0 Å². The molecule has 1 N–H and O–H groups in total. The monoisotopic (exact) mass is 174 g/mol. The van der Waals surface area contributed by atoms with Gasteiger partial charge < -0.3 is 10.1 Å². The molecule has 0 fully saturated rings. The summed E-state index contributed by atoms with van der Waals surface area (Å²) in [5.74, 6) is -0.476. The number of hydrogen-bond acceptors (Lipinski definition) is 4. The summed E-state index contributed by atoms with van der Waals surface area (Å²) in [7, 11) is 0. The average Bonchev–Trinajstić information content (AvgIpc) is 2.20. The van der Waals surface area contributed by atoms with Crippen molar-refractivity contribution in [2.24, 2.45) is 0 Å². The van der Waals surface area contributed by atoms with Crippen LogP contribution in [0.25, 0.3) is 0 Å². The smallest absolute Gasteiger partial charge is 0.217 e. The van der Waals surface area contributed by atoms with Gasteiger partial charge in [0.25, 0.3) is 0 Å². The lowest BCUT2D eigenvalue weighted by molar-refractivity contribution is -0.109. The average molecular weight is 174 g/mol. The number of nitrogens with one attached hydrogen (secondary N) is 1. The summed E-state index contributed by atoms with van der Waals surface area (Å²) in [6.07, 6.45) is 6.73. The van der Waals surface area contributed by atoms with Crippen LogP contribution in [0.4, 0.5) is 0 Å². The molecule has 0 amide bonds. The number of allylic oxidation sites excluding steroid dienone is 4. The Kier molecular flexibility index (Phi) is 2.77. The van der Waals surface area contributed by atoms with E-state index in [1.54, 1.807) is 18.2 Å². The molecule has 0 spiro atoms. The molecule has 0 aliphatic carbocycles. The molecular formula is C9H6N2O2. The van der Waals surface area contributed by atoms with Gasteiger partial charge in [-0.05, 0) is 12.2 Å². The SMILES string of the molecule is N#CC(C(=O)C=N)=C1C=CC=CO1. The lowest BCUT2D eigenvalue weighted by Crippen LogP contribution is -2.05. The molecule has 0 atom stereocenters. The second-order valence-corrected chi connectivity index (χ2v) is 2.17. The van der Waals surface area contributed by atoms with Gasteiger partial charge in [-0.3, -0.25) is 4.79 Å². The predicted molar refractivity (Wildman–Crippen MR) is 45.8 cm³/mol. The standard InChI is InChI=1S/C9H6N2O2/c10-5-7(8(12)6-11)9-3-1-2-4-13-9/h1-4,6,11H. The molecule has 1 heterocycles. The van der Waals surface area contributed by atoms with Crippen LogP contribution in [0.5, 0.6) is 0 Å². The van der Waals surface area contributed by atoms with Crippen LogP contribution in [0.3, 0.4) is 0 Å². The number of nitriles is 1. The van der Waals surface area contributed by atoms with Gasteiger partial charge in [-0.25, -0.2) is 0 Å². The van der Waals surface area contributed by atoms with Gasteiger partial charge in [0.2, 0.25) is 5.78 Å². The minimum atomic E-state index is -0.655. The number of carbonyl (C=O) groups excluding carboxylic acids is 1. The van der Waals surface area contributed by atoms with Crippen molar-refractivity contribution < 1.29 is 9.53 Å². The summed E-state index contributed by atoms with van der Waals surface area (Å²) >= 11 is 0. The van der Waals surface area contributed by atoms with Crippen LogP contribution in [0.15, 0.2) is 35.8 Å². The molecule has 4 nitrogen and oxygen atoms in total. The van der Waals surface area contributed by atoms with Crippen molar-refractivity contribution in [1.29, 1.82) is 10.7 Å². The number of ether oxygens (including phenoxy) is 1. The molecule has 0 aromatic heterocycles. The number of rotatable bonds is 2. The highest BCUT2D eigenvalue weighted by atomic mass is 16.5. The third kappa shape index (κ3) is 1.91. The molecule has 64 valence electrons. The van der Waals surface area contributed by atoms with Crippen molar-refractivity contribution in [1.82, 2.24) is 0 Å². The van der Waals surface area contributed by atoms with Crippen LogP contribution in [0, 0.1) is 16.7 Å². The fourth-order valence-corrected chi connectivity index (χ4v) is 0.786. The highest BCUT2D eigenvalue weighted by Crippen LogP contribution is 2.12. The molecule has 0 radical (unpaired) electrons. The van der Waals surface area contributed by atoms with E-state index in [2.05, 4.69) is 0 Å². The van der Waals surface area contributed by atoms with Crippen molar-refractivity contribution in [3.63, 3.8) is 0 Å². The van der Waals surface area contributed by atoms with Gasteiger partial charge in [-0.1, -0.05) is 6.08 Å². The van der Waals surface area contributed by atoms with Crippen LogP contribution in [-0.2, 0) is 9.53 Å². The largest absolute Gasteiger partial charge is 0.463 e. The van der Waals surface area contributed by atoms with E-state index in [9.17, 15) is 4.79 Å². The number of Topliss-reactive ketones (excluding diaryl/α,β-unsaturated/α-hetero) is 1. The molecular weight excluding hydrogens is 168 g/mol. The summed E-state index contributed by atoms with van der Waals surface area (Å²) < 4.78 is 4.92. The minimum absolute atomic E-state index is 0.157. The van der Waals surface area contributed by atoms with E-state index in [1.807, 2.05) is 0 Å². The Labute approximate surface area is 74.9 Å². The maximum Gasteiger partial charge on any atom is 0.217 e. The molecule has 4 heteroatoms. The van der Waals surface area contributed by atoms with Crippen molar-refractivity contribution in [3.8, 4) is 6.07 Å². The zero-order valence-electron chi connectivity index (χ0n) is 6.65. The highest BCUT2D eigenvalue weighted by Gasteiger charge is 2.12. The van der Waals surface area contributed by atoms with Crippen LogP contribution in [0.2, 0.25) is 0 Å². The van der Waals surface area contributed by atoms with Gasteiger partial charge in [0, 0.05) is 0 Å². The maximum atomic E-state index is 11.0. The second kappa shape index (κ2) is 4.02. The van der Waals surface area contributed by atoms with Crippen LogP contribution >= 0.6 is 0 Å². The van der Waals surface area contributed by atoms with Gasteiger partial charge in [0.05, 0.1) is 12.5 Å². The Morgan fingerprint density at radius 1 is 1.62 bits per heavy atom. The van der Waals surface area contributed by atoms with E-state index >= 15 is 0 Å². The summed E-state index contributed by atoms with van der Waals surface area (Å²) in [5, 5.41) is 15.3. The fraction of sp³-hybridized carbons (Fsp3) is 0. The number of carbonyl (C=O) groups is 1. The topological polar surface area (TPSA) is 73.9 Å². The Hall–Kier alpha value is -2.15. The first-order valence-corrected chi connectivity index (χ1v) is 3.48. The maximum absolute atomic E-state index is 11.0. The first-order valence-electron chi connectivity index (χ1n) is 3.48. The summed E-state index contributed by atoms with van der Waals surface area (Å²) in [4.78, 5) is 11.0. The molecule has 1 aliphatic rings. The molecule has 13 heavy (non-hydrogen) atoms. The first kappa shape index (κ1) is 8.94. The molecule has 0 bridgehead atoms. The van der Waals surface area contributed by atoms with Crippen LogP contribution in [0.1, 0.15) is 0 Å². The lowest BCUT2D eigenvalue weighted by atomic mass is 10.1. The van der Waals surface area contributed by atoms with E-state index in [4.69, 9.17) is 15.4 Å². The Balaban J connectivity index is 3.07. The van der Waals surface area contributed by atoms with Gasteiger partial charge in [0.1, 0.15) is 17.4 Å². The van der Waals surface area contributed by atoms with E-state index in [1.165, 1.54) is 12.3 Å². The van der Waals surface area contributed by atoms with Crippen LogP contribution < -0.4 is 0 Å². The number of ketones is 1. The first-order chi connectivity index (χ1) is 6.29. The Bertz CT molecular complexity index is 370. The van der Waals surface area contributed by atoms with E-state index < -0.39 is 5.78 Å². The normalized spacial score (nSPS) is 17.2. The molecule has 0 unspecified atom stereocenters. The van der Waals surface area contributed by atoms with E-state index in [-0.39, 0.29) is 11.3 Å². The Morgan fingerprint density at radius 2 is 2.38 bits per heavy atom. The summed E-state index contributed by atoms with van der Waals surface area (Å²) in [6, 6.07) is 1.69. The molecule has 1 aliphatic heterocycles. The third-order valence-corrected chi connectivity index (χ3v) is 1.37. The van der Waals surface area contributed by atoms with Crippen molar-refractivity contribution in [2.75, 3.05) is 0 Å². The zero-order valence-corrected chi connectivity index (χ0v) is 6.65. The minimum Gasteiger partial charge on any atom is -0.463 e. The van der Waals surface area contributed by atoms with Crippen molar-refractivity contribution >= 4 is 12.0 Å². The van der Waals surface area contributed by atoms with Gasteiger partial charge >= 0.3 is 0 Å². The summed E-state index contributed by atoms with van der Waals surface area (Å²) in [5.41, 5.74) is -0.157. The van der Waals surface area contributed by atoms with Gasteiger partial charge in [-0.2, -0.15) is 5.26 Å². The molecule has 1 rings (SSSR count). The fourth-order valence-electron chi connectivity index (χ4n) is 0.786. The summed E-state index contributed by atoms with van der Waals surface area (Å²) in [6.45, 7) is 0. The van der Waals surface area contributed by atoms with E-state index in [0.29, 0.717) is 6.21 Å². The molecule has 0 aromatic carbocycles. The molecule has 0 saturated carbocycles. The Morgan fingerprint density at radius 3 is 2.85 bits per heavy atom. The highest BCUT2D eigenvalue weighted by molar-refractivity contribution is 6.35. The number of hydrogen-bond donors (Lipinski definition) is 1.